The summed E-state index contributed by atoms with van der Waals surface area (Å²) >= 11 is 0. The van der Waals surface area contributed by atoms with Gasteiger partial charge in [0.2, 0.25) is 5.91 Å². The predicted molar refractivity (Wildman–Crippen MR) is 72.0 cm³/mol. The molecule has 0 radical (unpaired) electrons. The molecule has 20 heavy (non-hydrogen) atoms. The van der Waals surface area contributed by atoms with E-state index in [1.165, 1.54) is 4.90 Å². The van der Waals surface area contributed by atoms with Crippen LogP contribution in [0, 0.1) is 0 Å². The number of carbonyl (C=O) groups excluding carboxylic acids is 2. The number of amides is 2. The number of nitrogens with zero attached hydrogens (tertiary/aromatic N) is 2. The van der Waals surface area contributed by atoms with Crippen molar-refractivity contribution in [3.8, 4) is 0 Å². The molecule has 2 rings (SSSR count). The standard InChI is InChI=1S/C12H20N2O5S/c1-2-14(10-4-8-20(17,18)9-10)11(15)3-5-13-6-7-19-12(13)16/h10H,2-9H2,1H3. The molecule has 0 saturated carbocycles. The number of cyclic esters (lactones) is 1. The molecule has 2 saturated heterocycles. The summed E-state index contributed by atoms with van der Waals surface area (Å²) < 4.78 is 27.8. The molecule has 2 aliphatic rings. The van der Waals surface area contributed by atoms with Gasteiger partial charge in [0.15, 0.2) is 9.84 Å². The molecular formula is C12H20N2O5S. The number of ether oxygens (including phenoxy) is 1. The van der Waals surface area contributed by atoms with Gasteiger partial charge in [0, 0.05) is 25.6 Å². The molecule has 2 amide bonds. The molecule has 2 fully saturated rings. The van der Waals surface area contributed by atoms with Gasteiger partial charge in [-0.1, -0.05) is 0 Å². The Morgan fingerprint density at radius 1 is 1.50 bits per heavy atom. The van der Waals surface area contributed by atoms with Crippen molar-refractivity contribution in [2.45, 2.75) is 25.8 Å². The van der Waals surface area contributed by atoms with Crippen LogP contribution >= 0.6 is 0 Å². The van der Waals surface area contributed by atoms with Gasteiger partial charge in [0.25, 0.3) is 0 Å². The van der Waals surface area contributed by atoms with E-state index in [9.17, 15) is 18.0 Å². The highest BCUT2D eigenvalue weighted by Gasteiger charge is 2.34. The van der Waals surface area contributed by atoms with Crippen molar-refractivity contribution in [1.82, 2.24) is 9.80 Å². The van der Waals surface area contributed by atoms with Gasteiger partial charge in [-0.15, -0.1) is 0 Å². The minimum Gasteiger partial charge on any atom is -0.448 e. The highest BCUT2D eigenvalue weighted by Crippen LogP contribution is 2.18. The highest BCUT2D eigenvalue weighted by atomic mass is 32.2. The maximum absolute atomic E-state index is 12.2. The van der Waals surface area contributed by atoms with E-state index in [1.807, 2.05) is 6.92 Å². The van der Waals surface area contributed by atoms with E-state index in [0.717, 1.165) is 0 Å². The van der Waals surface area contributed by atoms with Gasteiger partial charge in [-0.25, -0.2) is 13.2 Å². The maximum atomic E-state index is 12.2. The fraction of sp³-hybridized carbons (Fsp3) is 0.833. The Morgan fingerprint density at radius 3 is 2.75 bits per heavy atom. The third-order valence-electron chi connectivity index (χ3n) is 3.75. The van der Waals surface area contributed by atoms with Crippen LogP contribution in [-0.4, -0.2) is 74.0 Å². The fourth-order valence-corrected chi connectivity index (χ4v) is 4.39. The van der Waals surface area contributed by atoms with Crippen LogP contribution in [-0.2, 0) is 19.4 Å². The molecule has 0 N–H and O–H groups in total. The molecule has 2 heterocycles. The first-order valence-electron chi connectivity index (χ1n) is 6.84. The lowest BCUT2D eigenvalue weighted by atomic mass is 10.2. The first kappa shape index (κ1) is 15.1. The maximum Gasteiger partial charge on any atom is 0.409 e. The second-order valence-corrected chi connectivity index (χ2v) is 7.32. The molecule has 2 aliphatic heterocycles. The predicted octanol–water partition coefficient (Wildman–Crippen LogP) is -0.136. The second-order valence-electron chi connectivity index (χ2n) is 5.09. The van der Waals surface area contributed by atoms with E-state index < -0.39 is 9.84 Å². The number of carbonyl (C=O) groups is 2. The molecule has 1 unspecified atom stereocenters. The van der Waals surface area contributed by atoms with Crippen molar-refractivity contribution in [2.24, 2.45) is 0 Å². The topological polar surface area (TPSA) is 84.0 Å². The molecule has 8 heteroatoms. The molecule has 0 aliphatic carbocycles. The Balaban J connectivity index is 1.87. The largest absolute Gasteiger partial charge is 0.448 e. The monoisotopic (exact) mass is 304 g/mol. The average Bonchev–Trinajstić information content (AvgIpc) is 2.94. The number of rotatable bonds is 5. The lowest BCUT2D eigenvalue weighted by Gasteiger charge is -2.27. The lowest BCUT2D eigenvalue weighted by molar-refractivity contribution is -0.133. The minimum atomic E-state index is -3.00. The summed E-state index contributed by atoms with van der Waals surface area (Å²) in [4.78, 5) is 26.6. The Morgan fingerprint density at radius 2 is 2.25 bits per heavy atom. The van der Waals surface area contributed by atoms with Crippen LogP contribution in [0.2, 0.25) is 0 Å². The van der Waals surface area contributed by atoms with E-state index in [2.05, 4.69) is 0 Å². The van der Waals surface area contributed by atoms with E-state index in [4.69, 9.17) is 4.74 Å². The van der Waals surface area contributed by atoms with Gasteiger partial charge in [-0.3, -0.25) is 4.79 Å². The quantitative estimate of drug-likeness (QED) is 0.706. The summed E-state index contributed by atoms with van der Waals surface area (Å²) in [5, 5.41) is 0. The molecule has 7 nitrogen and oxygen atoms in total. The Labute approximate surface area is 118 Å². The van der Waals surface area contributed by atoms with Crippen LogP contribution in [0.25, 0.3) is 0 Å². The fourth-order valence-electron chi connectivity index (χ4n) is 2.66. The zero-order valence-electron chi connectivity index (χ0n) is 11.6. The molecule has 0 bridgehead atoms. The molecule has 114 valence electrons. The molecule has 1 atom stereocenters. The van der Waals surface area contributed by atoms with E-state index >= 15 is 0 Å². The van der Waals surface area contributed by atoms with Gasteiger partial charge in [0.05, 0.1) is 18.1 Å². The van der Waals surface area contributed by atoms with Crippen LogP contribution in [0.1, 0.15) is 19.8 Å². The second kappa shape index (κ2) is 5.99. The first-order chi connectivity index (χ1) is 9.43. The lowest BCUT2D eigenvalue weighted by Crippen LogP contribution is -2.42. The molecule has 0 aromatic heterocycles. The van der Waals surface area contributed by atoms with Crippen molar-refractivity contribution in [2.75, 3.05) is 37.7 Å². The number of sulfone groups is 1. The third-order valence-corrected chi connectivity index (χ3v) is 5.50. The Kier molecular flexibility index (Phi) is 4.52. The summed E-state index contributed by atoms with van der Waals surface area (Å²) in [5.74, 6) is 0.104. The zero-order chi connectivity index (χ0) is 14.8. The average molecular weight is 304 g/mol. The van der Waals surface area contributed by atoms with E-state index in [-0.39, 0.29) is 36.0 Å². The van der Waals surface area contributed by atoms with E-state index in [0.29, 0.717) is 32.7 Å². The zero-order valence-corrected chi connectivity index (χ0v) is 12.4. The van der Waals surface area contributed by atoms with Gasteiger partial charge in [-0.05, 0) is 13.3 Å². The normalized spacial score (nSPS) is 24.8. The molecule has 0 aromatic carbocycles. The van der Waals surface area contributed by atoms with Crippen molar-refractivity contribution < 1.29 is 22.7 Å². The molecule has 0 spiro atoms. The SMILES string of the molecule is CCN(C(=O)CCN1CCOC1=O)C1CCS(=O)(=O)C1. The van der Waals surface area contributed by atoms with Gasteiger partial charge >= 0.3 is 6.09 Å². The van der Waals surface area contributed by atoms with Crippen molar-refractivity contribution in [1.29, 1.82) is 0 Å². The van der Waals surface area contributed by atoms with Gasteiger partial charge in [-0.2, -0.15) is 0 Å². The molecular weight excluding hydrogens is 284 g/mol. The summed E-state index contributed by atoms with van der Waals surface area (Å²) in [6.45, 7) is 3.53. The number of hydrogen-bond donors (Lipinski definition) is 0. The first-order valence-corrected chi connectivity index (χ1v) is 8.66. The summed E-state index contributed by atoms with van der Waals surface area (Å²) in [5.41, 5.74) is 0. The van der Waals surface area contributed by atoms with Crippen molar-refractivity contribution in [3.63, 3.8) is 0 Å². The van der Waals surface area contributed by atoms with Crippen LogP contribution in [0.3, 0.4) is 0 Å². The Bertz CT molecular complexity index is 490. The Hall–Kier alpha value is -1.31. The van der Waals surface area contributed by atoms with Gasteiger partial charge in [0.1, 0.15) is 6.61 Å². The summed E-state index contributed by atoms with van der Waals surface area (Å²) in [6, 6.07) is -0.219. The van der Waals surface area contributed by atoms with Gasteiger partial charge < -0.3 is 14.5 Å². The van der Waals surface area contributed by atoms with Crippen LogP contribution in [0.5, 0.6) is 0 Å². The summed E-state index contributed by atoms with van der Waals surface area (Å²) in [6.07, 6.45) is 0.331. The van der Waals surface area contributed by atoms with Crippen LogP contribution in [0.15, 0.2) is 0 Å². The van der Waals surface area contributed by atoms with Crippen LogP contribution in [0.4, 0.5) is 4.79 Å². The number of hydrogen-bond acceptors (Lipinski definition) is 5. The minimum absolute atomic E-state index is 0.0539. The smallest absolute Gasteiger partial charge is 0.409 e. The summed E-state index contributed by atoms with van der Waals surface area (Å²) in [7, 11) is -3.00. The highest BCUT2D eigenvalue weighted by molar-refractivity contribution is 7.91. The van der Waals surface area contributed by atoms with Crippen LogP contribution < -0.4 is 0 Å². The molecule has 0 aromatic rings. The van der Waals surface area contributed by atoms with Crippen molar-refractivity contribution in [3.05, 3.63) is 0 Å². The van der Waals surface area contributed by atoms with E-state index in [1.54, 1.807) is 4.90 Å². The third kappa shape index (κ3) is 3.41. The van der Waals surface area contributed by atoms with Crippen molar-refractivity contribution >= 4 is 21.8 Å².